The van der Waals surface area contributed by atoms with Crippen molar-refractivity contribution in [3.63, 3.8) is 0 Å². The normalized spacial score (nSPS) is 40.8. The summed E-state index contributed by atoms with van der Waals surface area (Å²) in [5.41, 5.74) is -0.328. The Bertz CT molecular complexity index is 555. The number of esters is 1. The van der Waals surface area contributed by atoms with Crippen molar-refractivity contribution in [2.24, 2.45) is 0 Å². The average molecular weight is 366 g/mol. The number of fused-ring (bicyclic) bond motifs is 4. The van der Waals surface area contributed by atoms with Crippen LogP contribution in [0.15, 0.2) is 12.2 Å². The molecule has 4 fully saturated rings. The Morgan fingerprint density at radius 2 is 1.85 bits per heavy atom. The molecular weight excluding hydrogens is 336 g/mol. The summed E-state index contributed by atoms with van der Waals surface area (Å²) in [5.74, 6) is -0.616. The van der Waals surface area contributed by atoms with Crippen LogP contribution in [0.3, 0.4) is 0 Å². The molecule has 2 bridgehead atoms. The van der Waals surface area contributed by atoms with Gasteiger partial charge < -0.3 is 23.7 Å². The van der Waals surface area contributed by atoms with E-state index in [1.807, 2.05) is 12.2 Å². The van der Waals surface area contributed by atoms with Crippen molar-refractivity contribution in [3.05, 3.63) is 12.2 Å². The number of carbonyl (C=O) groups is 1. The highest BCUT2D eigenvalue weighted by atomic mass is 16.8. The largest absolute Gasteiger partial charge is 0.469 e. The zero-order valence-electron chi connectivity index (χ0n) is 15.8. The molecule has 2 saturated heterocycles. The zero-order chi connectivity index (χ0) is 18.2. The molecule has 0 radical (unpaired) electrons. The molecule has 4 rings (SSSR count). The lowest BCUT2D eigenvalue weighted by Gasteiger charge is -2.37. The standard InChI is InChI=1S/C20H30O6/c1-22-17(21)9-5-4-8-16-19(23-2)12-14(24-16)18-15(13-19)25-20(26-18)10-6-3-7-11-20/h4-5,14-16,18H,3,6-13H2,1-2H3/t14-,15-,16+,18+,19-/m1/s1. The van der Waals surface area contributed by atoms with Crippen molar-refractivity contribution >= 4 is 5.97 Å². The third-order valence-corrected chi connectivity index (χ3v) is 6.52. The quantitative estimate of drug-likeness (QED) is 0.551. The average Bonchev–Trinajstić information content (AvgIpc) is 3.16. The van der Waals surface area contributed by atoms with Crippen LogP contribution in [0.2, 0.25) is 0 Å². The molecule has 0 aromatic carbocycles. The van der Waals surface area contributed by atoms with E-state index in [2.05, 4.69) is 4.74 Å². The zero-order valence-corrected chi connectivity index (χ0v) is 15.8. The second kappa shape index (κ2) is 7.23. The van der Waals surface area contributed by atoms with Gasteiger partial charge in [0.2, 0.25) is 0 Å². The number of rotatable bonds is 5. The molecule has 2 aliphatic carbocycles. The molecule has 2 aliphatic heterocycles. The first-order valence-corrected chi connectivity index (χ1v) is 9.88. The highest BCUT2D eigenvalue weighted by Gasteiger charge is 2.63. The van der Waals surface area contributed by atoms with Gasteiger partial charge in [0.05, 0.1) is 37.4 Å². The van der Waals surface area contributed by atoms with Gasteiger partial charge in [0.25, 0.3) is 0 Å². The Labute approximate surface area is 155 Å². The number of carbonyl (C=O) groups excluding carboxylic acids is 1. The van der Waals surface area contributed by atoms with Crippen molar-refractivity contribution in [2.75, 3.05) is 14.2 Å². The molecule has 5 atom stereocenters. The first-order valence-electron chi connectivity index (χ1n) is 9.88. The molecular formula is C20H30O6. The number of hydrogen-bond acceptors (Lipinski definition) is 6. The summed E-state index contributed by atoms with van der Waals surface area (Å²) < 4.78 is 29.9. The Hall–Kier alpha value is -0.950. The molecule has 4 aliphatic rings. The number of ether oxygens (including phenoxy) is 5. The van der Waals surface area contributed by atoms with E-state index in [0.717, 1.165) is 25.7 Å². The Morgan fingerprint density at radius 1 is 1.08 bits per heavy atom. The van der Waals surface area contributed by atoms with Crippen LogP contribution in [0.1, 0.15) is 57.8 Å². The number of methoxy groups -OCH3 is 2. The molecule has 2 heterocycles. The van der Waals surface area contributed by atoms with Gasteiger partial charge in [-0.15, -0.1) is 0 Å². The van der Waals surface area contributed by atoms with Gasteiger partial charge in [0.1, 0.15) is 6.10 Å². The fourth-order valence-corrected chi connectivity index (χ4v) is 5.15. The second-order valence-electron chi connectivity index (χ2n) is 8.04. The van der Waals surface area contributed by atoms with Crippen molar-refractivity contribution in [3.8, 4) is 0 Å². The lowest BCUT2D eigenvalue weighted by atomic mass is 9.78. The first-order chi connectivity index (χ1) is 12.6. The molecule has 1 spiro atoms. The third-order valence-electron chi connectivity index (χ3n) is 6.52. The second-order valence-corrected chi connectivity index (χ2v) is 8.04. The minimum Gasteiger partial charge on any atom is -0.469 e. The lowest BCUT2D eigenvalue weighted by Crippen LogP contribution is -2.49. The van der Waals surface area contributed by atoms with E-state index in [4.69, 9.17) is 18.9 Å². The van der Waals surface area contributed by atoms with Gasteiger partial charge in [0, 0.05) is 32.8 Å². The predicted octanol–water partition coefficient (Wildman–Crippen LogP) is 2.89. The Morgan fingerprint density at radius 3 is 2.58 bits per heavy atom. The van der Waals surface area contributed by atoms with E-state index in [-0.39, 0.29) is 48.2 Å². The van der Waals surface area contributed by atoms with Gasteiger partial charge in [0.15, 0.2) is 5.79 Å². The molecule has 0 N–H and O–H groups in total. The SMILES string of the molecule is COC(=O)CC=CC[C@@H]1O[C@@H]2C[C@@]1(OC)C[C@H]1OC3(CCCCC3)O[C@@H]21. The molecule has 0 amide bonds. The van der Waals surface area contributed by atoms with Crippen LogP contribution in [-0.4, -0.2) is 56.0 Å². The fraction of sp³-hybridized carbons (Fsp3) is 0.850. The van der Waals surface area contributed by atoms with Crippen molar-refractivity contribution in [2.45, 2.75) is 93.6 Å². The van der Waals surface area contributed by atoms with Crippen LogP contribution < -0.4 is 0 Å². The predicted molar refractivity (Wildman–Crippen MR) is 93.6 cm³/mol. The highest BCUT2D eigenvalue weighted by Crippen LogP contribution is 2.53. The number of hydrogen-bond donors (Lipinski definition) is 0. The summed E-state index contributed by atoms with van der Waals surface area (Å²) in [7, 11) is 3.17. The fourth-order valence-electron chi connectivity index (χ4n) is 5.15. The maximum atomic E-state index is 11.2. The molecule has 0 aromatic rings. The molecule has 6 heteroatoms. The first kappa shape index (κ1) is 18.4. The lowest BCUT2D eigenvalue weighted by molar-refractivity contribution is -0.206. The molecule has 6 nitrogen and oxygen atoms in total. The maximum absolute atomic E-state index is 11.2. The van der Waals surface area contributed by atoms with Crippen LogP contribution in [0.5, 0.6) is 0 Å². The van der Waals surface area contributed by atoms with Crippen LogP contribution in [0.4, 0.5) is 0 Å². The van der Waals surface area contributed by atoms with Gasteiger partial charge >= 0.3 is 5.97 Å². The Kier molecular flexibility index (Phi) is 5.12. The minimum atomic E-state index is -0.383. The topological polar surface area (TPSA) is 63.2 Å². The smallest absolute Gasteiger partial charge is 0.309 e. The summed E-state index contributed by atoms with van der Waals surface area (Å²) in [6.45, 7) is 0. The minimum absolute atomic E-state index is 0.0143. The summed E-state index contributed by atoms with van der Waals surface area (Å²) in [5, 5.41) is 0. The molecule has 146 valence electrons. The van der Waals surface area contributed by atoms with Gasteiger partial charge in [-0.25, -0.2) is 0 Å². The van der Waals surface area contributed by atoms with E-state index in [9.17, 15) is 4.79 Å². The van der Waals surface area contributed by atoms with Gasteiger partial charge in [-0.05, 0) is 19.3 Å². The van der Waals surface area contributed by atoms with E-state index in [1.165, 1.54) is 26.4 Å². The molecule has 26 heavy (non-hydrogen) atoms. The van der Waals surface area contributed by atoms with Crippen LogP contribution in [-0.2, 0) is 28.5 Å². The van der Waals surface area contributed by atoms with Crippen molar-refractivity contribution in [1.29, 1.82) is 0 Å². The molecule has 0 unspecified atom stereocenters. The van der Waals surface area contributed by atoms with Crippen LogP contribution in [0.25, 0.3) is 0 Å². The molecule has 0 aromatic heterocycles. The van der Waals surface area contributed by atoms with Gasteiger partial charge in [-0.2, -0.15) is 0 Å². The summed E-state index contributed by atoms with van der Waals surface area (Å²) in [6.07, 6.45) is 12.1. The van der Waals surface area contributed by atoms with Crippen molar-refractivity contribution < 1.29 is 28.5 Å². The third kappa shape index (κ3) is 3.21. The monoisotopic (exact) mass is 366 g/mol. The van der Waals surface area contributed by atoms with Gasteiger partial charge in [-0.1, -0.05) is 18.6 Å². The summed E-state index contributed by atoms with van der Waals surface area (Å²) >= 11 is 0. The highest BCUT2D eigenvalue weighted by molar-refractivity contribution is 5.70. The molecule has 2 saturated carbocycles. The summed E-state index contributed by atoms with van der Waals surface area (Å²) in [4.78, 5) is 11.2. The summed E-state index contributed by atoms with van der Waals surface area (Å²) in [6, 6.07) is 0. The van der Waals surface area contributed by atoms with Crippen molar-refractivity contribution in [1.82, 2.24) is 0 Å². The van der Waals surface area contributed by atoms with E-state index >= 15 is 0 Å². The van der Waals surface area contributed by atoms with E-state index in [1.54, 1.807) is 7.11 Å². The van der Waals surface area contributed by atoms with Gasteiger partial charge in [-0.3, -0.25) is 4.79 Å². The van der Waals surface area contributed by atoms with E-state index in [0.29, 0.717) is 6.42 Å². The maximum Gasteiger partial charge on any atom is 0.309 e. The van der Waals surface area contributed by atoms with Crippen LogP contribution >= 0.6 is 0 Å². The van der Waals surface area contributed by atoms with E-state index < -0.39 is 0 Å². The van der Waals surface area contributed by atoms with Crippen LogP contribution in [0, 0.1) is 0 Å². The Balaban J connectivity index is 1.42.